The summed E-state index contributed by atoms with van der Waals surface area (Å²) in [5.74, 6) is 0. The zero-order valence-electron chi connectivity index (χ0n) is 29.8. The summed E-state index contributed by atoms with van der Waals surface area (Å²) in [4.78, 5) is 2.36. The van der Waals surface area contributed by atoms with Crippen LogP contribution in [0.1, 0.15) is 0 Å². The van der Waals surface area contributed by atoms with Crippen LogP contribution in [0.15, 0.2) is 205 Å². The molecule has 0 aliphatic rings. The number of furan rings is 1. The van der Waals surface area contributed by atoms with Crippen LogP contribution in [-0.2, 0) is 0 Å². The van der Waals surface area contributed by atoms with Gasteiger partial charge in [-0.3, -0.25) is 0 Å². The molecule has 0 atom stereocenters. The minimum Gasteiger partial charge on any atom is -0.453 e. The van der Waals surface area contributed by atoms with Crippen LogP contribution in [0, 0.1) is 0 Å². The van der Waals surface area contributed by atoms with Gasteiger partial charge in [0.1, 0.15) is 5.58 Å². The molecule has 55 heavy (non-hydrogen) atoms. The predicted molar refractivity (Wildman–Crippen MR) is 235 cm³/mol. The van der Waals surface area contributed by atoms with Crippen LogP contribution in [-0.4, -0.2) is 0 Å². The van der Waals surface area contributed by atoms with Crippen molar-refractivity contribution in [2.75, 3.05) is 4.90 Å². The monoisotopic (exact) mass is 719 g/mol. The van der Waals surface area contributed by atoms with E-state index in [0.29, 0.717) is 0 Å². The van der Waals surface area contributed by atoms with E-state index in [1.807, 2.05) is 11.3 Å². The normalized spacial score (nSPS) is 11.6. The number of thiophene rings is 1. The summed E-state index contributed by atoms with van der Waals surface area (Å²) in [6.07, 6.45) is 0. The molecule has 0 radical (unpaired) electrons. The van der Waals surface area contributed by atoms with E-state index in [0.717, 1.165) is 44.4 Å². The first kappa shape index (κ1) is 31.6. The van der Waals surface area contributed by atoms with Gasteiger partial charge in [-0.1, -0.05) is 152 Å². The van der Waals surface area contributed by atoms with Crippen LogP contribution >= 0.6 is 11.3 Å². The molecule has 0 saturated carbocycles. The maximum atomic E-state index is 7.08. The van der Waals surface area contributed by atoms with Gasteiger partial charge in [0.2, 0.25) is 0 Å². The van der Waals surface area contributed by atoms with E-state index in [1.165, 1.54) is 58.9 Å². The Morgan fingerprint density at radius 1 is 0.327 bits per heavy atom. The molecule has 3 heteroatoms. The van der Waals surface area contributed by atoms with E-state index in [1.54, 1.807) is 0 Å². The van der Waals surface area contributed by atoms with Gasteiger partial charge in [0, 0.05) is 47.7 Å². The fraction of sp³-hybridized carbons (Fsp3) is 0. The third-order valence-electron chi connectivity index (χ3n) is 10.9. The summed E-state index contributed by atoms with van der Waals surface area (Å²) >= 11 is 1.84. The second kappa shape index (κ2) is 12.9. The topological polar surface area (TPSA) is 16.4 Å². The molecule has 2 aromatic heterocycles. The van der Waals surface area contributed by atoms with Crippen LogP contribution in [0.3, 0.4) is 0 Å². The van der Waals surface area contributed by atoms with Gasteiger partial charge in [-0.05, 0) is 87.3 Å². The van der Waals surface area contributed by atoms with Gasteiger partial charge in [-0.2, -0.15) is 0 Å². The first-order valence-electron chi connectivity index (χ1n) is 18.7. The lowest BCUT2D eigenvalue weighted by atomic mass is 9.94. The predicted octanol–water partition coefficient (Wildman–Crippen LogP) is 15.6. The van der Waals surface area contributed by atoms with E-state index in [9.17, 15) is 0 Å². The van der Waals surface area contributed by atoms with Crippen LogP contribution in [0.25, 0.3) is 86.3 Å². The number of rotatable bonds is 6. The number of hydrogen-bond donors (Lipinski definition) is 0. The van der Waals surface area contributed by atoms with Gasteiger partial charge < -0.3 is 9.32 Å². The van der Waals surface area contributed by atoms with Gasteiger partial charge in [0.05, 0.1) is 5.69 Å². The molecular weight excluding hydrogens is 687 g/mol. The summed E-state index contributed by atoms with van der Waals surface area (Å²) in [6, 6.07) is 72.0. The maximum absolute atomic E-state index is 7.08. The summed E-state index contributed by atoms with van der Waals surface area (Å²) < 4.78 is 9.66. The number of benzene rings is 9. The Morgan fingerprint density at radius 2 is 0.855 bits per heavy atom. The molecule has 0 amide bonds. The van der Waals surface area contributed by atoms with Crippen LogP contribution in [0.5, 0.6) is 0 Å². The van der Waals surface area contributed by atoms with E-state index >= 15 is 0 Å². The molecule has 9 aromatic carbocycles. The number of anilines is 3. The maximum Gasteiger partial charge on any atom is 0.159 e. The molecule has 258 valence electrons. The van der Waals surface area contributed by atoms with E-state index in [4.69, 9.17) is 4.42 Å². The molecule has 0 aliphatic heterocycles. The Kier molecular flexibility index (Phi) is 7.39. The van der Waals surface area contributed by atoms with E-state index < -0.39 is 0 Å². The third kappa shape index (κ3) is 5.32. The quantitative estimate of drug-likeness (QED) is 0.170. The van der Waals surface area contributed by atoms with E-state index in [2.05, 4.69) is 205 Å². The van der Waals surface area contributed by atoms with Gasteiger partial charge in [0.25, 0.3) is 0 Å². The van der Waals surface area contributed by atoms with Crippen molar-refractivity contribution in [3.05, 3.63) is 200 Å². The van der Waals surface area contributed by atoms with Crippen LogP contribution in [0.2, 0.25) is 0 Å². The van der Waals surface area contributed by atoms with Crippen molar-refractivity contribution in [2.45, 2.75) is 0 Å². The van der Waals surface area contributed by atoms with Crippen molar-refractivity contribution in [3.8, 4) is 33.4 Å². The average molecular weight is 720 g/mol. The molecule has 2 nitrogen and oxygen atoms in total. The Balaban J connectivity index is 1.12. The standard InChI is InChI=1S/C52H33NOS/c1-3-12-34(13-4-1)36-22-24-38(25-23-36)45-33-47-44-19-11-20-48(52(44)54-51(47)43-18-8-7-16-41(43)45)53(39-28-26-37(27-29-39)35-14-5-2-6-15-35)40-30-31-50-46(32-40)42-17-9-10-21-49(42)55-50/h1-33H. The fourth-order valence-corrected chi connectivity index (χ4v) is 9.29. The van der Waals surface area contributed by atoms with Crippen LogP contribution < -0.4 is 4.90 Å². The van der Waals surface area contributed by atoms with Gasteiger partial charge >= 0.3 is 0 Å². The van der Waals surface area contributed by atoms with Crippen molar-refractivity contribution in [1.82, 2.24) is 0 Å². The molecule has 0 saturated heterocycles. The second-order valence-corrected chi connectivity index (χ2v) is 15.2. The summed E-state index contributed by atoms with van der Waals surface area (Å²) in [5.41, 5.74) is 12.1. The molecular formula is C52H33NOS. The highest BCUT2D eigenvalue weighted by molar-refractivity contribution is 7.25. The van der Waals surface area contributed by atoms with Crippen molar-refractivity contribution in [3.63, 3.8) is 0 Å². The SMILES string of the molecule is c1ccc(-c2ccc(-c3cc4c5cccc(N(c6ccc(-c7ccccc7)cc6)c6ccc7sc8ccccc8c7c6)c5oc4c4ccccc34)cc2)cc1. The third-order valence-corrected chi connectivity index (χ3v) is 12.0. The Bertz CT molecular complexity index is 3180. The van der Waals surface area contributed by atoms with Crippen molar-refractivity contribution in [1.29, 1.82) is 0 Å². The van der Waals surface area contributed by atoms with E-state index in [-0.39, 0.29) is 0 Å². The zero-order valence-corrected chi connectivity index (χ0v) is 30.6. The molecule has 2 heterocycles. The minimum absolute atomic E-state index is 0.863. The molecule has 0 fully saturated rings. The van der Waals surface area contributed by atoms with Gasteiger partial charge in [-0.25, -0.2) is 0 Å². The largest absolute Gasteiger partial charge is 0.453 e. The summed E-state index contributed by atoms with van der Waals surface area (Å²) in [6.45, 7) is 0. The highest BCUT2D eigenvalue weighted by atomic mass is 32.1. The molecule has 11 aromatic rings. The molecule has 0 N–H and O–H groups in total. The summed E-state index contributed by atoms with van der Waals surface area (Å²) in [5, 5.41) is 7.02. The minimum atomic E-state index is 0.863. The zero-order chi connectivity index (χ0) is 36.3. The highest BCUT2D eigenvalue weighted by Gasteiger charge is 2.22. The smallest absolute Gasteiger partial charge is 0.159 e. The second-order valence-electron chi connectivity index (χ2n) is 14.1. The first-order valence-corrected chi connectivity index (χ1v) is 19.5. The molecule has 0 unspecified atom stereocenters. The molecule has 0 bridgehead atoms. The molecule has 0 aliphatic carbocycles. The van der Waals surface area contributed by atoms with Gasteiger partial charge in [0.15, 0.2) is 5.58 Å². The number of hydrogen-bond acceptors (Lipinski definition) is 3. The molecule has 11 rings (SSSR count). The van der Waals surface area contributed by atoms with Crippen molar-refractivity contribution < 1.29 is 4.42 Å². The average Bonchev–Trinajstić information content (AvgIpc) is 3.83. The lowest BCUT2D eigenvalue weighted by Gasteiger charge is -2.26. The Labute approximate surface area is 322 Å². The number of nitrogens with zero attached hydrogens (tertiary/aromatic N) is 1. The molecule has 0 spiro atoms. The first-order chi connectivity index (χ1) is 27.3. The lowest BCUT2D eigenvalue weighted by Crippen LogP contribution is -2.10. The highest BCUT2D eigenvalue weighted by Crippen LogP contribution is 2.47. The number of fused-ring (bicyclic) bond motifs is 8. The van der Waals surface area contributed by atoms with Crippen molar-refractivity contribution >= 4 is 81.3 Å². The Morgan fingerprint density at radius 3 is 1.58 bits per heavy atom. The number of para-hydroxylation sites is 1. The van der Waals surface area contributed by atoms with Crippen molar-refractivity contribution in [2.24, 2.45) is 0 Å². The van der Waals surface area contributed by atoms with Gasteiger partial charge in [-0.15, -0.1) is 11.3 Å². The lowest BCUT2D eigenvalue weighted by molar-refractivity contribution is 0.673. The Hall–Kier alpha value is -6.94. The van der Waals surface area contributed by atoms with Crippen LogP contribution in [0.4, 0.5) is 17.1 Å². The fourth-order valence-electron chi connectivity index (χ4n) is 8.21. The summed E-state index contributed by atoms with van der Waals surface area (Å²) in [7, 11) is 0.